The number of aliphatic hydroxyl groups excluding tert-OH is 1. The molecule has 4 N–H and O–H groups in total. The molecular formula is C9H10ClNO3. The molecule has 1 aromatic carbocycles. The van der Waals surface area contributed by atoms with Crippen molar-refractivity contribution in [2.75, 3.05) is 6.61 Å². The third-order valence-corrected chi connectivity index (χ3v) is 2.17. The van der Waals surface area contributed by atoms with Crippen molar-refractivity contribution >= 4 is 17.6 Å². The average Bonchev–Trinajstić information content (AvgIpc) is 2.15. The lowest BCUT2D eigenvalue weighted by molar-refractivity contribution is 0.0695. The van der Waals surface area contributed by atoms with Crippen molar-refractivity contribution in [3.8, 4) is 0 Å². The van der Waals surface area contributed by atoms with Crippen LogP contribution in [-0.2, 0) is 0 Å². The van der Waals surface area contributed by atoms with Crippen molar-refractivity contribution in [2.45, 2.75) is 6.04 Å². The zero-order valence-electron chi connectivity index (χ0n) is 7.27. The molecule has 0 amide bonds. The van der Waals surface area contributed by atoms with Gasteiger partial charge < -0.3 is 15.9 Å². The Balaban J connectivity index is 3.28. The molecule has 5 heteroatoms. The molecule has 0 aliphatic carbocycles. The van der Waals surface area contributed by atoms with E-state index in [1.165, 1.54) is 12.1 Å². The van der Waals surface area contributed by atoms with Gasteiger partial charge in [0.2, 0.25) is 0 Å². The van der Waals surface area contributed by atoms with Gasteiger partial charge in [-0.1, -0.05) is 23.7 Å². The SMILES string of the molecule is N[C@H](CO)c1cccc(Cl)c1C(=O)O. The van der Waals surface area contributed by atoms with Gasteiger partial charge in [0.05, 0.1) is 23.2 Å². The van der Waals surface area contributed by atoms with Crippen LogP contribution in [0.1, 0.15) is 22.0 Å². The minimum absolute atomic E-state index is 0.0456. The summed E-state index contributed by atoms with van der Waals surface area (Å²) < 4.78 is 0. The van der Waals surface area contributed by atoms with Gasteiger partial charge in [0.15, 0.2) is 0 Å². The smallest absolute Gasteiger partial charge is 0.337 e. The van der Waals surface area contributed by atoms with Crippen LogP contribution >= 0.6 is 11.6 Å². The highest BCUT2D eigenvalue weighted by molar-refractivity contribution is 6.33. The number of hydrogen-bond acceptors (Lipinski definition) is 3. The van der Waals surface area contributed by atoms with E-state index in [0.717, 1.165) is 0 Å². The first-order chi connectivity index (χ1) is 6.57. The lowest BCUT2D eigenvalue weighted by Crippen LogP contribution is -2.18. The summed E-state index contributed by atoms with van der Waals surface area (Å²) in [7, 11) is 0. The minimum Gasteiger partial charge on any atom is -0.478 e. The summed E-state index contributed by atoms with van der Waals surface area (Å²) in [5, 5.41) is 17.8. The molecule has 0 saturated heterocycles. The van der Waals surface area contributed by atoms with E-state index in [-0.39, 0.29) is 17.2 Å². The maximum Gasteiger partial charge on any atom is 0.337 e. The van der Waals surface area contributed by atoms with Crippen molar-refractivity contribution in [3.05, 3.63) is 34.3 Å². The van der Waals surface area contributed by atoms with Gasteiger partial charge in [-0.05, 0) is 11.6 Å². The molecule has 1 rings (SSSR count). The molecule has 0 fully saturated rings. The van der Waals surface area contributed by atoms with E-state index in [9.17, 15) is 4.79 Å². The van der Waals surface area contributed by atoms with E-state index >= 15 is 0 Å². The number of carbonyl (C=O) groups is 1. The highest BCUT2D eigenvalue weighted by Crippen LogP contribution is 2.23. The summed E-state index contributed by atoms with van der Waals surface area (Å²) >= 11 is 5.71. The number of aromatic carboxylic acids is 1. The van der Waals surface area contributed by atoms with E-state index in [1.54, 1.807) is 6.07 Å². The molecule has 0 aromatic heterocycles. The van der Waals surface area contributed by atoms with Crippen LogP contribution in [0.15, 0.2) is 18.2 Å². The first kappa shape index (κ1) is 11.0. The first-order valence-electron chi connectivity index (χ1n) is 3.96. The second-order valence-corrected chi connectivity index (χ2v) is 3.21. The summed E-state index contributed by atoms with van der Waals surface area (Å²) in [5.74, 6) is -1.14. The molecule has 0 saturated carbocycles. The molecule has 76 valence electrons. The predicted octanol–water partition coefficient (Wildman–Crippen LogP) is 1.03. The van der Waals surface area contributed by atoms with Gasteiger partial charge in [0.25, 0.3) is 0 Å². The summed E-state index contributed by atoms with van der Waals surface area (Å²) in [5.41, 5.74) is 5.82. The van der Waals surface area contributed by atoms with E-state index in [0.29, 0.717) is 5.56 Å². The Morgan fingerprint density at radius 1 is 1.57 bits per heavy atom. The number of nitrogens with two attached hydrogens (primary N) is 1. The van der Waals surface area contributed by atoms with Gasteiger partial charge in [0.1, 0.15) is 0 Å². The molecule has 1 aromatic rings. The van der Waals surface area contributed by atoms with Crippen LogP contribution in [0.2, 0.25) is 5.02 Å². The Kier molecular flexibility index (Phi) is 3.46. The molecule has 0 spiro atoms. The van der Waals surface area contributed by atoms with Crippen LogP contribution < -0.4 is 5.73 Å². The third-order valence-electron chi connectivity index (χ3n) is 1.86. The zero-order chi connectivity index (χ0) is 10.7. The standard InChI is InChI=1S/C9H10ClNO3/c10-6-3-1-2-5(7(11)4-12)8(6)9(13)14/h1-3,7,12H,4,11H2,(H,13,14)/t7-/m1/s1. The number of carboxylic acids is 1. The van der Waals surface area contributed by atoms with Gasteiger partial charge >= 0.3 is 5.97 Å². The van der Waals surface area contributed by atoms with Gasteiger partial charge in [-0.15, -0.1) is 0 Å². The normalized spacial score (nSPS) is 12.5. The van der Waals surface area contributed by atoms with E-state index in [4.69, 9.17) is 27.5 Å². The van der Waals surface area contributed by atoms with Crippen LogP contribution in [0.25, 0.3) is 0 Å². The maximum absolute atomic E-state index is 10.8. The van der Waals surface area contributed by atoms with Crippen molar-refractivity contribution < 1.29 is 15.0 Å². The van der Waals surface area contributed by atoms with Crippen LogP contribution in [0.3, 0.4) is 0 Å². The summed E-state index contributed by atoms with van der Waals surface area (Å²) in [6, 6.07) is 3.88. The zero-order valence-corrected chi connectivity index (χ0v) is 8.03. The largest absolute Gasteiger partial charge is 0.478 e. The molecule has 0 heterocycles. The van der Waals surface area contributed by atoms with E-state index < -0.39 is 12.0 Å². The fourth-order valence-corrected chi connectivity index (χ4v) is 1.44. The summed E-state index contributed by atoms with van der Waals surface area (Å²) in [6.45, 7) is -0.319. The lowest BCUT2D eigenvalue weighted by Gasteiger charge is -2.12. The van der Waals surface area contributed by atoms with Gasteiger partial charge in [-0.2, -0.15) is 0 Å². The number of carboxylic acid groups (broad SMARTS) is 1. The van der Waals surface area contributed by atoms with E-state index in [2.05, 4.69) is 0 Å². The second-order valence-electron chi connectivity index (χ2n) is 2.80. The number of benzene rings is 1. The van der Waals surface area contributed by atoms with Crippen LogP contribution in [0.5, 0.6) is 0 Å². The lowest BCUT2D eigenvalue weighted by atomic mass is 10.0. The highest BCUT2D eigenvalue weighted by Gasteiger charge is 2.18. The maximum atomic E-state index is 10.8. The number of hydrogen-bond donors (Lipinski definition) is 3. The molecule has 1 atom stereocenters. The molecule has 0 aliphatic rings. The Labute approximate surface area is 85.9 Å². The molecule has 0 unspecified atom stereocenters. The Bertz CT molecular complexity index is 354. The Morgan fingerprint density at radius 2 is 2.21 bits per heavy atom. The van der Waals surface area contributed by atoms with Crippen molar-refractivity contribution in [3.63, 3.8) is 0 Å². The van der Waals surface area contributed by atoms with Crippen LogP contribution in [-0.4, -0.2) is 22.8 Å². The first-order valence-corrected chi connectivity index (χ1v) is 4.34. The highest BCUT2D eigenvalue weighted by atomic mass is 35.5. The van der Waals surface area contributed by atoms with Gasteiger partial charge in [-0.25, -0.2) is 4.79 Å². The quantitative estimate of drug-likeness (QED) is 0.703. The molecule has 4 nitrogen and oxygen atoms in total. The fourth-order valence-electron chi connectivity index (χ4n) is 1.17. The summed E-state index contributed by atoms with van der Waals surface area (Å²) in [4.78, 5) is 10.8. The Hall–Kier alpha value is -1.10. The van der Waals surface area contributed by atoms with Crippen LogP contribution in [0.4, 0.5) is 0 Å². The molecule has 0 radical (unpaired) electrons. The average molecular weight is 216 g/mol. The summed E-state index contributed by atoms with van der Waals surface area (Å²) in [6.07, 6.45) is 0. The molecule has 0 aliphatic heterocycles. The van der Waals surface area contributed by atoms with Crippen molar-refractivity contribution in [2.24, 2.45) is 5.73 Å². The number of rotatable bonds is 3. The predicted molar refractivity (Wildman–Crippen MR) is 52.4 cm³/mol. The van der Waals surface area contributed by atoms with Gasteiger partial charge in [0, 0.05) is 0 Å². The topological polar surface area (TPSA) is 83.5 Å². The Morgan fingerprint density at radius 3 is 2.71 bits per heavy atom. The van der Waals surface area contributed by atoms with Crippen molar-refractivity contribution in [1.29, 1.82) is 0 Å². The number of halogens is 1. The molecule has 0 bridgehead atoms. The van der Waals surface area contributed by atoms with Crippen molar-refractivity contribution in [1.82, 2.24) is 0 Å². The minimum atomic E-state index is -1.14. The van der Waals surface area contributed by atoms with Crippen LogP contribution in [0, 0.1) is 0 Å². The fraction of sp³-hybridized carbons (Fsp3) is 0.222. The third kappa shape index (κ3) is 2.04. The number of aliphatic hydroxyl groups is 1. The monoisotopic (exact) mass is 215 g/mol. The van der Waals surface area contributed by atoms with Gasteiger partial charge in [-0.3, -0.25) is 0 Å². The molecule has 14 heavy (non-hydrogen) atoms. The second kappa shape index (κ2) is 4.41. The molecular weight excluding hydrogens is 206 g/mol. The van der Waals surface area contributed by atoms with E-state index in [1.807, 2.05) is 0 Å².